The maximum atomic E-state index is 13.2. The third kappa shape index (κ3) is 5.88. The Labute approximate surface area is 202 Å². The van der Waals surface area contributed by atoms with E-state index < -0.39 is 11.7 Å². The SMILES string of the molecule is C=C(CCc1sc2cc(C(F)(F)F)ccc2c1C(C)C)c1ccc(CCC(=O)OC)c(CN)c1. The third-order valence-electron chi connectivity index (χ3n) is 6.02. The molecule has 0 radical (unpaired) electrons. The van der Waals surface area contributed by atoms with Crippen molar-refractivity contribution in [3.05, 3.63) is 75.7 Å². The van der Waals surface area contributed by atoms with Gasteiger partial charge in [0.25, 0.3) is 0 Å². The van der Waals surface area contributed by atoms with E-state index in [1.165, 1.54) is 30.6 Å². The second-order valence-corrected chi connectivity index (χ2v) is 9.81. The van der Waals surface area contributed by atoms with Gasteiger partial charge in [-0.05, 0) is 76.6 Å². The van der Waals surface area contributed by atoms with Crippen LogP contribution in [0.5, 0.6) is 0 Å². The molecule has 1 heterocycles. The van der Waals surface area contributed by atoms with Gasteiger partial charge >= 0.3 is 12.1 Å². The first kappa shape index (κ1) is 26.0. The van der Waals surface area contributed by atoms with E-state index in [9.17, 15) is 18.0 Å². The smallest absolute Gasteiger partial charge is 0.416 e. The number of aryl methyl sites for hydroxylation is 2. The molecule has 0 spiro atoms. The van der Waals surface area contributed by atoms with Crippen LogP contribution in [-0.4, -0.2) is 13.1 Å². The van der Waals surface area contributed by atoms with Crippen LogP contribution in [0.3, 0.4) is 0 Å². The van der Waals surface area contributed by atoms with Crippen molar-refractivity contribution in [3.8, 4) is 0 Å². The summed E-state index contributed by atoms with van der Waals surface area (Å²) in [5, 5.41) is 0.897. The van der Waals surface area contributed by atoms with Crippen molar-refractivity contribution < 1.29 is 22.7 Å². The van der Waals surface area contributed by atoms with Gasteiger partial charge in [0, 0.05) is 22.5 Å². The highest BCUT2D eigenvalue weighted by Gasteiger charge is 2.31. The highest BCUT2D eigenvalue weighted by Crippen LogP contribution is 2.40. The summed E-state index contributed by atoms with van der Waals surface area (Å²) in [6, 6.07) is 9.99. The zero-order valence-corrected chi connectivity index (χ0v) is 20.5. The predicted octanol–water partition coefficient (Wildman–Crippen LogP) is 7.25. The first-order valence-electron chi connectivity index (χ1n) is 11.2. The molecular formula is C27H30F3NO2S. The van der Waals surface area contributed by atoms with Crippen LogP contribution in [-0.2, 0) is 35.1 Å². The van der Waals surface area contributed by atoms with Crippen molar-refractivity contribution in [1.29, 1.82) is 0 Å². The Hall–Kier alpha value is -2.64. The standard InChI is InChI=1S/C27H30F3NO2S/c1-16(2)26-22-10-9-21(27(28,29)30)14-24(22)34-23(26)11-5-17(3)19-7-6-18(20(13-19)15-31)8-12-25(32)33-4/h6-7,9-10,13-14,16H,3,5,8,11-12,15,31H2,1-2,4H3. The summed E-state index contributed by atoms with van der Waals surface area (Å²) in [6.07, 6.45) is -2.11. The number of fused-ring (bicyclic) bond motifs is 1. The maximum Gasteiger partial charge on any atom is 0.416 e. The van der Waals surface area contributed by atoms with E-state index in [2.05, 4.69) is 20.4 Å². The minimum Gasteiger partial charge on any atom is -0.469 e. The summed E-state index contributed by atoms with van der Waals surface area (Å²) < 4.78 is 44.9. The zero-order valence-electron chi connectivity index (χ0n) is 19.7. The maximum absolute atomic E-state index is 13.2. The molecule has 7 heteroatoms. The van der Waals surface area contributed by atoms with Crippen molar-refractivity contribution in [1.82, 2.24) is 0 Å². The molecule has 1 aromatic heterocycles. The van der Waals surface area contributed by atoms with Crippen LogP contribution in [0.4, 0.5) is 13.2 Å². The van der Waals surface area contributed by atoms with Crippen LogP contribution in [0.15, 0.2) is 43.0 Å². The zero-order chi connectivity index (χ0) is 25.0. The van der Waals surface area contributed by atoms with Crippen LogP contribution in [0.2, 0.25) is 0 Å². The summed E-state index contributed by atoms with van der Waals surface area (Å²) in [5.74, 6) is -0.0604. The molecule has 34 heavy (non-hydrogen) atoms. The second-order valence-electron chi connectivity index (χ2n) is 8.67. The molecule has 3 aromatic rings. The normalized spacial score (nSPS) is 11.9. The monoisotopic (exact) mass is 489 g/mol. The van der Waals surface area contributed by atoms with E-state index >= 15 is 0 Å². The molecule has 3 rings (SSSR count). The lowest BCUT2D eigenvalue weighted by Gasteiger charge is -2.13. The molecule has 0 atom stereocenters. The van der Waals surface area contributed by atoms with Gasteiger partial charge in [-0.25, -0.2) is 0 Å². The number of benzene rings is 2. The third-order valence-corrected chi connectivity index (χ3v) is 7.25. The fraction of sp³-hybridized carbons (Fsp3) is 0.370. The molecule has 0 amide bonds. The fourth-order valence-electron chi connectivity index (χ4n) is 4.19. The average molecular weight is 490 g/mol. The number of hydrogen-bond acceptors (Lipinski definition) is 4. The number of esters is 1. The van der Waals surface area contributed by atoms with Crippen LogP contribution >= 0.6 is 11.3 Å². The molecule has 0 saturated carbocycles. The number of nitrogens with two attached hydrogens (primary N) is 1. The molecule has 0 unspecified atom stereocenters. The van der Waals surface area contributed by atoms with Crippen LogP contribution in [0.25, 0.3) is 15.7 Å². The fourth-order valence-corrected chi connectivity index (χ4v) is 5.59. The van der Waals surface area contributed by atoms with Crippen molar-refractivity contribution >= 4 is 33.0 Å². The van der Waals surface area contributed by atoms with Crippen molar-refractivity contribution in [2.75, 3.05) is 7.11 Å². The minimum absolute atomic E-state index is 0.201. The quantitative estimate of drug-likeness (QED) is 0.322. The molecule has 182 valence electrons. The summed E-state index contributed by atoms with van der Waals surface area (Å²) in [6.45, 7) is 8.74. The number of rotatable bonds is 9. The Kier molecular flexibility index (Phi) is 8.21. The Morgan fingerprint density at radius 2 is 1.82 bits per heavy atom. The predicted molar refractivity (Wildman–Crippen MR) is 133 cm³/mol. The Bertz CT molecular complexity index is 1190. The number of methoxy groups -OCH3 is 1. The van der Waals surface area contributed by atoms with Crippen molar-refractivity contribution in [2.45, 2.75) is 58.2 Å². The highest BCUT2D eigenvalue weighted by molar-refractivity contribution is 7.19. The Morgan fingerprint density at radius 3 is 2.44 bits per heavy atom. The van der Waals surface area contributed by atoms with Gasteiger partial charge in [-0.1, -0.05) is 38.6 Å². The van der Waals surface area contributed by atoms with E-state index in [1.54, 1.807) is 6.07 Å². The molecule has 0 saturated heterocycles. The number of alkyl halides is 3. The van der Waals surface area contributed by atoms with Gasteiger partial charge in [0.15, 0.2) is 0 Å². The average Bonchev–Trinajstić information content (AvgIpc) is 3.18. The topological polar surface area (TPSA) is 52.3 Å². The Balaban J connectivity index is 1.80. The van der Waals surface area contributed by atoms with Crippen LogP contribution in [0.1, 0.15) is 65.3 Å². The molecule has 0 aliphatic heterocycles. The molecule has 0 bridgehead atoms. The highest BCUT2D eigenvalue weighted by atomic mass is 32.1. The van der Waals surface area contributed by atoms with Crippen LogP contribution < -0.4 is 5.73 Å². The minimum atomic E-state index is -4.35. The first-order chi connectivity index (χ1) is 16.0. The van der Waals surface area contributed by atoms with Gasteiger partial charge < -0.3 is 10.5 Å². The number of allylic oxidation sites excluding steroid dienone is 1. The molecule has 0 fully saturated rings. The number of carbonyl (C=O) groups is 1. The summed E-state index contributed by atoms with van der Waals surface area (Å²) in [7, 11) is 1.37. The van der Waals surface area contributed by atoms with Gasteiger partial charge in [0.2, 0.25) is 0 Å². The van der Waals surface area contributed by atoms with Gasteiger partial charge in [0.1, 0.15) is 0 Å². The first-order valence-corrected chi connectivity index (χ1v) is 12.1. The molecule has 2 N–H and O–H groups in total. The second kappa shape index (κ2) is 10.7. The van der Waals surface area contributed by atoms with E-state index in [0.29, 0.717) is 36.9 Å². The lowest BCUT2D eigenvalue weighted by atomic mass is 9.93. The number of halogens is 3. The van der Waals surface area contributed by atoms with E-state index in [1.807, 2.05) is 18.2 Å². The lowest BCUT2D eigenvalue weighted by molar-refractivity contribution is -0.140. The molecular weight excluding hydrogens is 459 g/mol. The number of hydrogen-bond donors (Lipinski definition) is 1. The molecule has 3 nitrogen and oxygen atoms in total. The molecule has 0 aliphatic carbocycles. The summed E-state index contributed by atoms with van der Waals surface area (Å²) >= 11 is 1.44. The summed E-state index contributed by atoms with van der Waals surface area (Å²) in [4.78, 5) is 12.6. The molecule has 2 aromatic carbocycles. The van der Waals surface area contributed by atoms with E-state index in [4.69, 9.17) is 10.5 Å². The van der Waals surface area contributed by atoms with Gasteiger partial charge in [-0.2, -0.15) is 13.2 Å². The van der Waals surface area contributed by atoms with Crippen molar-refractivity contribution in [3.63, 3.8) is 0 Å². The van der Waals surface area contributed by atoms with E-state index in [0.717, 1.165) is 38.1 Å². The van der Waals surface area contributed by atoms with Gasteiger partial charge in [-0.15, -0.1) is 11.3 Å². The van der Waals surface area contributed by atoms with E-state index in [-0.39, 0.29) is 11.9 Å². The number of thiophene rings is 1. The Morgan fingerprint density at radius 1 is 1.09 bits per heavy atom. The largest absolute Gasteiger partial charge is 0.469 e. The van der Waals surface area contributed by atoms with Crippen molar-refractivity contribution in [2.24, 2.45) is 5.73 Å². The van der Waals surface area contributed by atoms with Crippen LogP contribution in [0, 0.1) is 0 Å². The summed E-state index contributed by atoms with van der Waals surface area (Å²) in [5.41, 5.74) is 10.3. The van der Waals surface area contributed by atoms with Gasteiger partial charge in [-0.3, -0.25) is 4.79 Å². The number of ether oxygens (including phenoxy) is 1. The van der Waals surface area contributed by atoms with Gasteiger partial charge in [0.05, 0.1) is 12.7 Å². The lowest BCUT2D eigenvalue weighted by Crippen LogP contribution is -2.06. The number of carbonyl (C=O) groups excluding carboxylic acids is 1. The molecule has 0 aliphatic rings.